The topological polar surface area (TPSA) is 72.8 Å². The molecule has 0 amide bonds. The third kappa shape index (κ3) is 3.42. The van der Waals surface area contributed by atoms with Crippen molar-refractivity contribution in [2.24, 2.45) is 0 Å². The number of hydrogen-bond donors (Lipinski definition) is 1. The average molecular weight is 423 g/mol. The highest BCUT2D eigenvalue weighted by atomic mass is 79.9. The van der Waals surface area contributed by atoms with Crippen molar-refractivity contribution in [2.45, 2.75) is 22.9 Å². The molecule has 26 heavy (non-hydrogen) atoms. The maximum Gasteiger partial charge on any atom is 0.338 e. The Morgan fingerprint density at radius 1 is 1.08 bits per heavy atom. The molecule has 5 nitrogen and oxygen atoms in total. The molecule has 0 saturated carbocycles. The summed E-state index contributed by atoms with van der Waals surface area (Å²) in [5.41, 5.74) is -2.02. The zero-order valence-corrected chi connectivity index (χ0v) is 15.1. The molecular formula is C19H16BrFO5. The first-order valence-corrected chi connectivity index (χ1v) is 8.84. The van der Waals surface area contributed by atoms with Gasteiger partial charge in [0.15, 0.2) is 17.6 Å². The van der Waals surface area contributed by atoms with E-state index in [1.165, 1.54) is 12.1 Å². The molecule has 136 valence electrons. The van der Waals surface area contributed by atoms with E-state index in [-0.39, 0.29) is 5.56 Å². The molecule has 0 radical (unpaired) electrons. The number of carbonyl (C=O) groups is 2. The van der Waals surface area contributed by atoms with Crippen molar-refractivity contribution in [3.05, 3.63) is 71.8 Å². The molecule has 1 aliphatic heterocycles. The Hall–Kier alpha value is -2.09. The van der Waals surface area contributed by atoms with Crippen molar-refractivity contribution in [1.29, 1.82) is 0 Å². The van der Waals surface area contributed by atoms with Gasteiger partial charge >= 0.3 is 5.97 Å². The van der Waals surface area contributed by atoms with Crippen molar-refractivity contribution >= 4 is 27.7 Å². The minimum atomic E-state index is -2.47. The molecule has 1 N–H and O–H groups in total. The molecule has 0 spiro atoms. The van der Waals surface area contributed by atoms with Crippen LogP contribution in [0.4, 0.5) is 4.39 Å². The number of aliphatic hydroxyl groups is 1. The largest absolute Gasteiger partial charge is 0.459 e. The van der Waals surface area contributed by atoms with Gasteiger partial charge in [-0.2, -0.15) is 0 Å². The van der Waals surface area contributed by atoms with E-state index in [0.29, 0.717) is 5.56 Å². The molecule has 1 heterocycles. The Kier molecular flexibility index (Phi) is 5.50. The predicted octanol–water partition coefficient (Wildman–Crippen LogP) is 2.92. The zero-order valence-electron chi connectivity index (χ0n) is 13.5. The number of hydrogen-bond acceptors (Lipinski definition) is 5. The van der Waals surface area contributed by atoms with Crippen molar-refractivity contribution < 1.29 is 28.6 Å². The van der Waals surface area contributed by atoms with Gasteiger partial charge in [0.05, 0.1) is 5.56 Å². The molecular weight excluding hydrogens is 407 g/mol. The number of halogens is 2. The molecule has 3 rings (SSSR count). The Morgan fingerprint density at radius 3 is 2.19 bits per heavy atom. The van der Waals surface area contributed by atoms with Crippen LogP contribution in [0.2, 0.25) is 0 Å². The van der Waals surface area contributed by atoms with Crippen LogP contribution < -0.4 is 0 Å². The summed E-state index contributed by atoms with van der Waals surface area (Å²) in [6, 6.07) is 16.1. The van der Waals surface area contributed by atoms with Crippen molar-refractivity contribution in [1.82, 2.24) is 0 Å². The summed E-state index contributed by atoms with van der Waals surface area (Å²) in [5.74, 6) is -1.48. The molecule has 4 atom stereocenters. The first-order valence-electron chi connectivity index (χ1n) is 7.92. The summed E-state index contributed by atoms with van der Waals surface area (Å²) < 4.78 is 25.1. The van der Waals surface area contributed by atoms with Gasteiger partial charge in [-0.15, -0.1) is 0 Å². The summed E-state index contributed by atoms with van der Waals surface area (Å²) in [6.07, 6.45) is -3.36. The van der Waals surface area contributed by atoms with Crippen molar-refractivity contribution in [3.63, 3.8) is 0 Å². The van der Waals surface area contributed by atoms with Crippen LogP contribution in [0.25, 0.3) is 0 Å². The summed E-state index contributed by atoms with van der Waals surface area (Å²) in [5, 5.41) is 9.63. The van der Waals surface area contributed by atoms with E-state index in [4.69, 9.17) is 9.47 Å². The van der Waals surface area contributed by atoms with Gasteiger partial charge in [-0.1, -0.05) is 64.5 Å². The standard InChI is InChI=1S/C19H16BrFO5/c20-17-15(21)19(24,16(22)12-7-3-1-4-8-12)14(26-17)11-25-18(23)13-9-5-2-6-10-13/h1-10,14-15,17,24H,11H2/t14-,15-,17+,19-/m1/s1. The van der Waals surface area contributed by atoms with Crippen LogP contribution in [-0.2, 0) is 9.47 Å². The van der Waals surface area contributed by atoms with Crippen LogP contribution in [0.5, 0.6) is 0 Å². The number of esters is 1. The first-order chi connectivity index (χ1) is 12.4. The lowest BCUT2D eigenvalue weighted by Gasteiger charge is -2.28. The van der Waals surface area contributed by atoms with Crippen LogP contribution in [0.3, 0.4) is 0 Å². The first kappa shape index (κ1) is 18.7. The predicted molar refractivity (Wildman–Crippen MR) is 94.9 cm³/mol. The smallest absolute Gasteiger partial charge is 0.338 e. The lowest BCUT2D eigenvalue weighted by Crippen LogP contribution is -2.54. The summed E-state index contributed by atoms with van der Waals surface area (Å²) in [6.45, 7) is -0.467. The van der Waals surface area contributed by atoms with Gasteiger partial charge in [-0.3, -0.25) is 4.79 Å². The number of carbonyl (C=O) groups excluding carboxylic acids is 2. The van der Waals surface area contributed by atoms with E-state index in [1.54, 1.807) is 48.5 Å². The van der Waals surface area contributed by atoms with Gasteiger partial charge in [0.1, 0.15) is 17.7 Å². The van der Waals surface area contributed by atoms with E-state index in [9.17, 15) is 19.1 Å². The number of Topliss-reactive ketones (excluding diaryl/α,β-unsaturated/α-hetero) is 1. The van der Waals surface area contributed by atoms with E-state index in [2.05, 4.69) is 15.9 Å². The lowest BCUT2D eigenvalue weighted by molar-refractivity contribution is -0.0610. The van der Waals surface area contributed by atoms with E-state index < -0.39 is 41.2 Å². The Bertz CT molecular complexity index is 785. The molecule has 0 unspecified atom stereocenters. The highest BCUT2D eigenvalue weighted by Crippen LogP contribution is 2.39. The molecule has 1 saturated heterocycles. The summed E-state index contributed by atoms with van der Waals surface area (Å²) in [4.78, 5) is 24.8. The number of ether oxygens (including phenoxy) is 2. The van der Waals surface area contributed by atoms with Crippen LogP contribution in [0.1, 0.15) is 20.7 Å². The molecule has 2 aromatic carbocycles. The van der Waals surface area contributed by atoms with E-state index >= 15 is 0 Å². The third-order valence-electron chi connectivity index (χ3n) is 4.21. The Morgan fingerprint density at radius 2 is 1.62 bits per heavy atom. The summed E-state index contributed by atoms with van der Waals surface area (Å²) in [7, 11) is 0. The average Bonchev–Trinajstić information content (AvgIpc) is 2.91. The monoisotopic (exact) mass is 422 g/mol. The third-order valence-corrected chi connectivity index (χ3v) is 4.89. The molecule has 0 bridgehead atoms. The quantitative estimate of drug-likeness (QED) is 0.455. The maximum atomic E-state index is 14.6. The fourth-order valence-electron chi connectivity index (χ4n) is 2.77. The normalized spacial score (nSPS) is 27.9. The Labute approximate surface area is 157 Å². The highest BCUT2D eigenvalue weighted by molar-refractivity contribution is 9.09. The second-order valence-electron chi connectivity index (χ2n) is 5.86. The number of ketones is 1. The number of benzene rings is 2. The molecule has 1 fully saturated rings. The van der Waals surface area contributed by atoms with Crippen LogP contribution in [0, 0.1) is 0 Å². The van der Waals surface area contributed by atoms with Gasteiger partial charge in [0.25, 0.3) is 0 Å². The lowest BCUT2D eigenvalue weighted by atomic mass is 9.85. The second kappa shape index (κ2) is 7.65. The zero-order chi connectivity index (χ0) is 18.7. The van der Waals surface area contributed by atoms with Crippen molar-refractivity contribution in [3.8, 4) is 0 Å². The molecule has 0 aliphatic carbocycles. The molecule has 1 aliphatic rings. The fraction of sp³-hybridized carbons (Fsp3) is 0.263. The fourth-order valence-corrected chi connectivity index (χ4v) is 3.44. The van der Waals surface area contributed by atoms with Crippen LogP contribution in [0.15, 0.2) is 60.7 Å². The van der Waals surface area contributed by atoms with Gasteiger partial charge < -0.3 is 14.6 Å². The minimum absolute atomic E-state index is 0.141. The summed E-state index contributed by atoms with van der Waals surface area (Å²) >= 11 is 2.96. The SMILES string of the molecule is O=C(OC[C@H]1O[C@H](Br)[C@@H](F)[C@@]1(O)C(=O)c1ccccc1)c1ccccc1. The van der Waals surface area contributed by atoms with Gasteiger partial charge in [0.2, 0.25) is 0 Å². The van der Waals surface area contributed by atoms with Gasteiger partial charge in [-0.25, -0.2) is 9.18 Å². The maximum absolute atomic E-state index is 14.6. The minimum Gasteiger partial charge on any atom is -0.459 e. The number of rotatable bonds is 5. The van der Waals surface area contributed by atoms with E-state index in [0.717, 1.165) is 0 Å². The van der Waals surface area contributed by atoms with Gasteiger partial charge in [-0.05, 0) is 12.1 Å². The van der Waals surface area contributed by atoms with E-state index in [1.807, 2.05) is 0 Å². The number of alkyl halides is 2. The van der Waals surface area contributed by atoms with Gasteiger partial charge in [0, 0.05) is 5.56 Å². The molecule has 7 heteroatoms. The van der Waals surface area contributed by atoms with Crippen LogP contribution in [-0.4, -0.2) is 46.4 Å². The highest BCUT2D eigenvalue weighted by Gasteiger charge is 2.61. The Balaban J connectivity index is 1.79. The van der Waals surface area contributed by atoms with Crippen molar-refractivity contribution in [2.75, 3.05) is 6.61 Å². The molecule has 0 aromatic heterocycles. The van der Waals surface area contributed by atoms with Crippen LogP contribution >= 0.6 is 15.9 Å². The molecule has 2 aromatic rings. The second-order valence-corrected chi connectivity index (χ2v) is 6.77.